The Labute approximate surface area is 185 Å². The lowest BCUT2D eigenvalue weighted by atomic mass is 10.1. The molecule has 5 rings (SSSR count). The fourth-order valence-electron chi connectivity index (χ4n) is 4.26. The molecule has 4 aromatic rings. The number of likely N-dealkylation sites (N-methyl/N-ethyl adjacent to an activating group) is 1. The lowest BCUT2D eigenvalue weighted by Gasteiger charge is -2.19. The number of anilines is 1. The maximum absolute atomic E-state index is 14.7. The number of alkyl halides is 3. The van der Waals surface area contributed by atoms with Crippen LogP contribution in [0.4, 0.5) is 23.5 Å². The minimum Gasteiger partial charge on any atom is -0.479 e. The molecule has 3 aromatic heterocycles. The molecule has 174 valence electrons. The molecule has 8 nitrogen and oxygen atoms in total. The second kappa shape index (κ2) is 7.87. The van der Waals surface area contributed by atoms with Crippen molar-refractivity contribution in [1.82, 2.24) is 29.0 Å². The average Bonchev–Trinajstić information content (AvgIpc) is 3.43. The van der Waals surface area contributed by atoms with E-state index in [9.17, 15) is 17.6 Å². The third kappa shape index (κ3) is 3.63. The van der Waals surface area contributed by atoms with Crippen molar-refractivity contribution >= 4 is 22.5 Å². The van der Waals surface area contributed by atoms with Gasteiger partial charge >= 0.3 is 0 Å². The van der Waals surface area contributed by atoms with Crippen LogP contribution in [0, 0.1) is 5.82 Å². The zero-order valence-corrected chi connectivity index (χ0v) is 17.9. The second-order valence-electron chi connectivity index (χ2n) is 8.07. The van der Waals surface area contributed by atoms with Crippen LogP contribution in [0.5, 0.6) is 5.88 Å². The number of benzene rings is 1. The quantitative estimate of drug-likeness (QED) is 0.443. The van der Waals surface area contributed by atoms with Gasteiger partial charge in [0.15, 0.2) is 5.82 Å². The number of hydrogen-bond acceptors (Lipinski definition) is 6. The number of hydrogen-bond donors (Lipinski definition) is 1. The van der Waals surface area contributed by atoms with Crippen LogP contribution in [0.25, 0.3) is 27.7 Å². The SMILES string of the molecule is COc1nc(NC2CN(C)CC2(F)F)nn2ccc(-c3cc(F)c4ncn(CCF)c4c3)c12. The van der Waals surface area contributed by atoms with Gasteiger partial charge in [-0.2, -0.15) is 4.98 Å². The highest BCUT2D eigenvalue weighted by Gasteiger charge is 2.47. The number of ether oxygens (including phenoxy) is 1. The molecular formula is C21H21F4N7O. The van der Waals surface area contributed by atoms with Gasteiger partial charge in [-0.1, -0.05) is 0 Å². The van der Waals surface area contributed by atoms with Crippen LogP contribution in [0.2, 0.25) is 0 Å². The normalized spacial score (nSPS) is 18.4. The fourth-order valence-corrected chi connectivity index (χ4v) is 4.26. The molecule has 1 aliphatic heterocycles. The number of likely N-dealkylation sites (tertiary alicyclic amines) is 1. The molecule has 33 heavy (non-hydrogen) atoms. The van der Waals surface area contributed by atoms with E-state index >= 15 is 0 Å². The van der Waals surface area contributed by atoms with Gasteiger partial charge in [0.1, 0.15) is 23.7 Å². The van der Waals surface area contributed by atoms with Crippen molar-refractivity contribution in [1.29, 1.82) is 0 Å². The second-order valence-corrected chi connectivity index (χ2v) is 8.07. The first-order chi connectivity index (χ1) is 15.8. The smallest absolute Gasteiger partial charge is 0.281 e. The van der Waals surface area contributed by atoms with E-state index in [1.165, 1.54) is 33.5 Å². The molecule has 0 saturated carbocycles. The number of aromatic nitrogens is 5. The lowest BCUT2D eigenvalue weighted by molar-refractivity contribution is 0.00583. The number of nitrogens with one attached hydrogen (secondary N) is 1. The van der Waals surface area contributed by atoms with Crippen molar-refractivity contribution in [2.75, 3.05) is 39.2 Å². The van der Waals surface area contributed by atoms with Gasteiger partial charge in [0.25, 0.3) is 5.92 Å². The van der Waals surface area contributed by atoms with E-state index in [2.05, 4.69) is 20.4 Å². The first kappa shape index (κ1) is 21.4. The Morgan fingerprint density at radius 1 is 1.30 bits per heavy atom. The van der Waals surface area contributed by atoms with E-state index < -0.39 is 24.5 Å². The van der Waals surface area contributed by atoms with Gasteiger partial charge < -0.3 is 14.6 Å². The maximum atomic E-state index is 14.7. The molecule has 1 atom stereocenters. The molecule has 0 spiro atoms. The van der Waals surface area contributed by atoms with Gasteiger partial charge in [0.05, 0.1) is 32.0 Å². The van der Waals surface area contributed by atoms with Crippen LogP contribution in [-0.4, -0.2) is 74.9 Å². The van der Waals surface area contributed by atoms with Crippen LogP contribution in [0.15, 0.2) is 30.7 Å². The molecule has 1 unspecified atom stereocenters. The highest BCUT2D eigenvalue weighted by molar-refractivity contribution is 5.90. The number of nitrogens with zero attached hydrogens (tertiary/aromatic N) is 6. The molecule has 4 heterocycles. The monoisotopic (exact) mass is 463 g/mol. The Morgan fingerprint density at radius 3 is 2.82 bits per heavy atom. The summed E-state index contributed by atoms with van der Waals surface area (Å²) in [5.74, 6) is -3.35. The molecule has 0 radical (unpaired) electrons. The Kier molecular flexibility index (Phi) is 5.11. The number of imidazole rings is 1. The van der Waals surface area contributed by atoms with Crippen LogP contribution in [0.1, 0.15) is 0 Å². The minimum absolute atomic E-state index is 0.0101. The van der Waals surface area contributed by atoms with Crippen molar-refractivity contribution in [2.45, 2.75) is 18.5 Å². The molecule has 1 saturated heterocycles. The highest BCUT2D eigenvalue weighted by Crippen LogP contribution is 2.35. The van der Waals surface area contributed by atoms with Gasteiger partial charge in [0.2, 0.25) is 11.8 Å². The van der Waals surface area contributed by atoms with Gasteiger partial charge in [0, 0.05) is 18.3 Å². The first-order valence-corrected chi connectivity index (χ1v) is 10.3. The Morgan fingerprint density at radius 2 is 2.12 bits per heavy atom. The summed E-state index contributed by atoms with van der Waals surface area (Å²) in [7, 11) is 3.02. The van der Waals surface area contributed by atoms with Crippen molar-refractivity contribution in [3.63, 3.8) is 0 Å². The molecule has 1 aliphatic rings. The fraction of sp³-hybridized carbons (Fsp3) is 0.381. The van der Waals surface area contributed by atoms with Gasteiger partial charge in [-0.05, 0) is 30.8 Å². The zero-order valence-electron chi connectivity index (χ0n) is 17.9. The van der Waals surface area contributed by atoms with Gasteiger partial charge in [-0.25, -0.2) is 27.1 Å². The van der Waals surface area contributed by atoms with E-state index in [4.69, 9.17) is 4.74 Å². The van der Waals surface area contributed by atoms with E-state index in [1.807, 2.05) is 0 Å². The predicted octanol–water partition coefficient (Wildman–Crippen LogP) is 3.22. The number of fused-ring (bicyclic) bond motifs is 2. The van der Waals surface area contributed by atoms with E-state index in [-0.39, 0.29) is 37.0 Å². The molecule has 1 aromatic carbocycles. The predicted molar refractivity (Wildman–Crippen MR) is 114 cm³/mol. The van der Waals surface area contributed by atoms with Crippen LogP contribution < -0.4 is 10.1 Å². The molecule has 1 N–H and O–H groups in total. The van der Waals surface area contributed by atoms with Crippen LogP contribution in [-0.2, 0) is 6.54 Å². The Hall–Kier alpha value is -3.41. The topological polar surface area (TPSA) is 72.5 Å². The average molecular weight is 463 g/mol. The molecular weight excluding hydrogens is 442 g/mol. The summed E-state index contributed by atoms with van der Waals surface area (Å²) in [5, 5.41) is 7.01. The van der Waals surface area contributed by atoms with E-state index in [0.717, 1.165) is 0 Å². The third-order valence-corrected chi connectivity index (χ3v) is 5.78. The van der Waals surface area contributed by atoms with Gasteiger partial charge in [-0.15, -0.1) is 5.10 Å². The maximum Gasteiger partial charge on any atom is 0.281 e. The zero-order chi connectivity index (χ0) is 23.3. The minimum atomic E-state index is -2.93. The summed E-state index contributed by atoms with van der Waals surface area (Å²) >= 11 is 0. The molecule has 0 bridgehead atoms. The number of halogens is 4. The highest BCUT2D eigenvalue weighted by atomic mass is 19.3. The number of methoxy groups -OCH3 is 1. The summed E-state index contributed by atoms with van der Waals surface area (Å²) in [6, 6.07) is 3.58. The number of aryl methyl sites for hydroxylation is 1. The summed E-state index contributed by atoms with van der Waals surface area (Å²) < 4.78 is 64.5. The molecule has 0 amide bonds. The van der Waals surface area contributed by atoms with Crippen LogP contribution in [0.3, 0.4) is 0 Å². The first-order valence-electron chi connectivity index (χ1n) is 10.3. The summed E-state index contributed by atoms with van der Waals surface area (Å²) in [6.45, 7) is -0.775. The van der Waals surface area contributed by atoms with Crippen molar-refractivity contribution in [3.8, 4) is 17.0 Å². The third-order valence-electron chi connectivity index (χ3n) is 5.78. The number of rotatable bonds is 6. The van der Waals surface area contributed by atoms with Gasteiger partial charge in [-0.3, -0.25) is 4.90 Å². The van der Waals surface area contributed by atoms with Crippen molar-refractivity contribution in [3.05, 3.63) is 36.5 Å². The summed E-state index contributed by atoms with van der Waals surface area (Å²) in [4.78, 5) is 9.83. The van der Waals surface area contributed by atoms with E-state index in [1.54, 1.807) is 25.4 Å². The standard InChI is InChI=1S/C21H21F4N7O/c1-30-9-16(21(24,25)10-30)27-20-28-19(33-2)18-13(3-5-32(18)29-20)12-7-14(23)17-15(8-12)31(6-4-22)11-26-17/h3,5,7-8,11,16H,4,6,9-10H2,1-2H3,(H,27,29). The summed E-state index contributed by atoms with van der Waals surface area (Å²) in [6.07, 6.45) is 3.01. The Bertz CT molecular complexity index is 1340. The van der Waals surface area contributed by atoms with E-state index in [0.29, 0.717) is 22.2 Å². The molecule has 1 fully saturated rings. The van der Waals surface area contributed by atoms with Crippen LogP contribution >= 0.6 is 0 Å². The Balaban J connectivity index is 1.58. The van der Waals surface area contributed by atoms with Crippen molar-refractivity contribution < 1.29 is 22.3 Å². The molecule has 12 heteroatoms. The largest absolute Gasteiger partial charge is 0.479 e. The lowest BCUT2D eigenvalue weighted by Crippen LogP contribution is -2.38. The summed E-state index contributed by atoms with van der Waals surface area (Å²) in [5.41, 5.74) is 2.10. The van der Waals surface area contributed by atoms with Crippen molar-refractivity contribution in [2.24, 2.45) is 0 Å². The molecule has 0 aliphatic carbocycles.